The quantitative estimate of drug-likeness (QED) is 0.706. The van der Waals surface area contributed by atoms with E-state index in [2.05, 4.69) is 15.0 Å². The molecule has 3 heterocycles. The molecule has 30 heavy (non-hydrogen) atoms. The van der Waals surface area contributed by atoms with Gasteiger partial charge in [0.15, 0.2) is 6.61 Å². The molecule has 0 aliphatic carbocycles. The van der Waals surface area contributed by atoms with Gasteiger partial charge in [-0.05, 0) is 37.1 Å². The second-order valence-corrected chi connectivity index (χ2v) is 7.70. The van der Waals surface area contributed by atoms with E-state index in [1.807, 2.05) is 9.80 Å². The minimum absolute atomic E-state index is 0.000798. The smallest absolute Gasteiger partial charge is 0.253 e. The molecule has 0 bridgehead atoms. The third-order valence-corrected chi connectivity index (χ3v) is 5.52. The third-order valence-electron chi connectivity index (χ3n) is 5.52. The van der Waals surface area contributed by atoms with Crippen molar-refractivity contribution < 1.29 is 18.8 Å². The van der Waals surface area contributed by atoms with Crippen LogP contribution < -0.4 is 4.74 Å². The van der Waals surface area contributed by atoms with Crippen LogP contribution in [0.5, 0.6) is 5.75 Å². The molecular weight excluding hydrogens is 386 g/mol. The van der Waals surface area contributed by atoms with E-state index in [0.29, 0.717) is 42.7 Å². The maximum Gasteiger partial charge on any atom is 0.253 e. The standard InChI is InChI=1S/C21H27N5O4/c1-16-22-19(23-30-16)15-29-18-6-4-17(5-7-18)21(28)26-12-10-24(11-13-26)14-20(27)25-8-2-3-9-25/h4-7H,2-3,8-15H2,1H3. The summed E-state index contributed by atoms with van der Waals surface area (Å²) in [6.07, 6.45) is 2.21. The zero-order chi connectivity index (χ0) is 20.9. The van der Waals surface area contributed by atoms with Crippen molar-refractivity contribution in [2.45, 2.75) is 26.4 Å². The van der Waals surface area contributed by atoms with Gasteiger partial charge in [0.25, 0.3) is 5.91 Å². The Labute approximate surface area is 175 Å². The van der Waals surface area contributed by atoms with Crippen molar-refractivity contribution in [2.24, 2.45) is 0 Å². The van der Waals surface area contributed by atoms with Crippen LogP contribution in [0.4, 0.5) is 0 Å². The Morgan fingerprint density at radius 2 is 1.70 bits per heavy atom. The second kappa shape index (κ2) is 9.25. The highest BCUT2D eigenvalue weighted by Gasteiger charge is 2.25. The van der Waals surface area contributed by atoms with E-state index in [1.54, 1.807) is 31.2 Å². The number of likely N-dealkylation sites (tertiary alicyclic amines) is 1. The number of carbonyl (C=O) groups excluding carboxylic acids is 2. The van der Waals surface area contributed by atoms with Crippen molar-refractivity contribution in [1.82, 2.24) is 24.8 Å². The van der Waals surface area contributed by atoms with Crippen LogP contribution in [0.2, 0.25) is 0 Å². The molecule has 1 aromatic heterocycles. The van der Waals surface area contributed by atoms with Crippen LogP contribution in [0.25, 0.3) is 0 Å². The third kappa shape index (κ3) is 4.96. The highest BCUT2D eigenvalue weighted by molar-refractivity contribution is 5.94. The average Bonchev–Trinajstić information content (AvgIpc) is 3.45. The summed E-state index contributed by atoms with van der Waals surface area (Å²) >= 11 is 0. The van der Waals surface area contributed by atoms with Crippen molar-refractivity contribution in [1.29, 1.82) is 0 Å². The molecule has 2 aliphatic rings. The SMILES string of the molecule is Cc1nc(COc2ccc(C(=O)N3CCN(CC(=O)N4CCCC4)CC3)cc2)no1. The van der Waals surface area contributed by atoms with E-state index in [0.717, 1.165) is 39.0 Å². The first kappa shape index (κ1) is 20.3. The van der Waals surface area contributed by atoms with E-state index in [1.165, 1.54) is 0 Å². The zero-order valence-corrected chi connectivity index (χ0v) is 17.2. The number of nitrogens with zero attached hydrogens (tertiary/aromatic N) is 5. The zero-order valence-electron chi connectivity index (χ0n) is 17.2. The lowest BCUT2D eigenvalue weighted by Gasteiger charge is -2.35. The van der Waals surface area contributed by atoms with E-state index < -0.39 is 0 Å². The first-order chi connectivity index (χ1) is 14.6. The molecule has 2 amide bonds. The molecule has 1 aromatic carbocycles. The van der Waals surface area contributed by atoms with Gasteiger partial charge in [-0.25, -0.2) is 0 Å². The summed E-state index contributed by atoms with van der Waals surface area (Å²) in [6.45, 7) is 6.84. The van der Waals surface area contributed by atoms with Crippen LogP contribution in [-0.2, 0) is 11.4 Å². The highest BCUT2D eigenvalue weighted by Crippen LogP contribution is 2.16. The van der Waals surface area contributed by atoms with E-state index in [4.69, 9.17) is 9.26 Å². The highest BCUT2D eigenvalue weighted by atomic mass is 16.5. The van der Waals surface area contributed by atoms with Crippen LogP contribution >= 0.6 is 0 Å². The van der Waals surface area contributed by atoms with Gasteiger partial charge in [0, 0.05) is 51.8 Å². The van der Waals surface area contributed by atoms with Crippen molar-refractivity contribution in [3.63, 3.8) is 0 Å². The van der Waals surface area contributed by atoms with Crippen LogP contribution in [-0.4, -0.2) is 82.5 Å². The molecule has 2 aromatic rings. The molecule has 160 valence electrons. The molecule has 0 N–H and O–H groups in total. The summed E-state index contributed by atoms with van der Waals surface area (Å²) in [6, 6.07) is 7.07. The summed E-state index contributed by atoms with van der Waals surface area (Å²) in [5.74, 6) is 1.82. The summed E-state index contributed by atoms with van der Waals surface area (Å²) in [7, 11) is 0. The van der Waals surface area contributed by atoms with Crippen molar-refractivity contribution in [3.8, 4) is 5.75 Å². The van der Waals surface area contributed by atoms with Gasteiger partial charge in [0.1, 0.15) is 5.75 Å². The summed E-state index contributed by atoms with van der Waals surface area (Å²) < 4.78 is 10.5. The molecular formula is C21H27N5O4. The summed E-state index contributed by atoms with van der Waals surface area (Å²) in [5, 5.41) is 3.78. The number of piperazine rings is 1. The fraction of sp³-hybridized carbons (Fsp3) is 0.524. The number of hydrogen-bond acceptors (Lipinski definition) is 7. The molecule has 0 saturated carbocycles. The number of ether oxygens (including phenoxy) is 1. The van der Waals surface area contributed by atoms with Crippen molar-refractivity contribution in [3.05, 3.63) is 41.5 Å². The van der Waals surface area contributed by atoms with Crippen molar-refractivity contribution >= 4 is 11.8 Å². The lowest BCUT2D eigenvalue weighted by atomic mass is 10.1. The van der Waals surface area contributed by atoms with E-state index in [9.17, 15) is 9.59 Å². The summed E-state index contributed by atoms with van der Waals surface area (Å²) in [5.41, 5.74) is 0.624. The Kier molecular flexibility index (Phi) is 6.27. The van der Waals surface area contributed by atoms with Crippen LogP contribution in [0.15, 0.2) is 28.8 Å². The van der Waals surface area contributed by atoms with Gasteiger partial charge in [0.05, 0.1) is 6.54 Å². The number of rotatable bonds is 6. The molecule has 4 rings (SSSR count). The minimum atomic E-state index is 0.000798. The normalized spacial score (nSPS) is 17.4. The first-order valence-electron chi connectivity index (χ1n) is 10.4. The second-order valence-electron chi connectivity index (χ2n) is 7.70. The van der Waals surface area contributed by atoms with E-state index in [-0.39, 0.29) is 18.4 Å². The fourth-order valence-electron chi connectivity index (χ4n) is 3.79. The van der Waals surface area contributed by atoms with Gasteiger partial charge in [-0.15, -0.1) is 0 Å². The van der Waals surface area contributed by atoms with Crippen molar-refractivity contribution in [2.75, 3.05) is 45.8 Å². The maximum absolute atomic E-state index is 12.8. The Hall–Kier alpha value is -2.94. The fourth-order valence-corrected chi connectivity index (χ4v) is 3.79. The molecule has 2 saturated heterocycles. The number of benzene rings is 1. The number of aryl methyl sites for hydroxylation is 1. The Bertz CT molecular complexity index is 868. The molecule has 9 heteroatoms. The topological polar surface area (TPSA) is 92.0 Å². The summed E-state index contributed by atoms with van der Waals surface area (Å²) in [4.78, 5) is 35.1. The van der Waals surface area contributed by atoms with Gasteiger partial charge in [-0.3, -0.25) is 14.5 Å². The van der Waals surface area contributed by atoms with Gasteiger partial charge in [-0.1, -0.05) is 5.16 Å². The van der Waals surface area contributed by atoms with E-state index >= 15 is 0 Å². The minimum Gasteiger partial charge on any atom is -0.485 e. The first-order valence-corrected chi connectivity index (χ1v) is 10.4. The maximum atomic E-state index is 12.8. The molecule has 9 nitrogen and oxygen atoms in total. The lowest BCUT2D eigenvalue weighted by molar-refractivity contribution is -0.131. The van der Waals surface area contributed by atoms with Crippen LogP contribution in [0.1, 0.15) is 34.9 Å². The number of carbonyl (C=O) groups is 2. The molecule has 0 unspecified atom stereocenters. The number of hydrogen-bond donors (Lipinski definition) is 0. The van der Waals surface area contributed by atoms with Gasteiger partial charge in [0.2, 0.25) is 17.6 Å². The Morgan fingerprint density at radius 1 is 1.00 bits per heavy atom. The number of aromatic nitrogens is 2. The predicted molar refractivity (Wildman–Crippen MR) is 108 cm³/mol. The van der Waals surface area contributed by atoms with Gasteiger partial charge in [-0.2, -0.15) is 4.98 Å². The average molecular weight is 413 g/mol. The Morgan fingerprint density at radius 3 is 2.33 bits per heavy atom. The van der Waals surface area contributed by atoms with Gasteiger partial charge < -0.3 is 19.1 Å². The largest absolute Gasteiger partial charge is 0.485 e. The number of amides is 2. The Balaban J connectivity index is 1.24. The molecule has 0 spiro atoms. The molecule has 2 fully saturated rings. The predicted octanol–water partition coefficient (Wildman–Crippen LogP) is 1.34. The van der Waals surface area contributed by atoms with Gasteiger partial charge >= 0.3 is 0 Å². The molecule has 0 radical (unpaired) electrons. The molecule has 0 atom stereocenters. The molecule has 2 aliphatic heterocycles. The lowest BCUT2D eigenvalue weighted by Crippen LogP contribution is -2.51. The monoisotopic (exact) mass is 413 g/mol. The van der Waals surface area contributed by atoms with Crippen LogP contribution in [0.3, 0.4) is 0 Å². The van der Waals surface area contributed by atoms with Crippen LogP contribution in [0, 0.1) is 6.92 Å².